The fourth-order valence-electron chi connectivity index (χ4n) is 2.88. The van der Waals surface area contributed by atoms with Crippen molar-refractivity contribution in [1.82, 2.24) is 9.46 Å². The summed E-state index contributed by atoms with van der Waals surface area (Å²) in [6, 6.07) is 5.31. The van der Waals surface area contributed by atoms with Gasteiger partial charge in [-0.3, -0.25) is 9.59 Å². The summed E-state index contributed by atoms with van der Waals surface area (Å²) >= 11 is 0. The summed E-state index contributed by atoms with van der Waals surface area (Å²) < 4.78 is 50.1. The topological polar surface area (TPSA) is 119 Å². The SMILES string of the molecule is Cc1cc(NC(=O)COC(=O)[C@@H]2CCCN2S(=O)(=O)c2ccccc2F)no1. The third-order valence-corrected chi connectivity index (χ3v) is 6.08. The van der Waals surface area contributed by atoms with E-state index in [1.165, 1.54) is 18.2 Å². The zero-order chi connectivity index (χ0) is 20.3. The molecule has 0 spiro atoms. The monoisotopic (exact) mass is 411 g/mol. The highest BCUT2D eigenvalue weighted by atomic mass is 32.2. The molecule has 0 saturated carbocycles. The molecule has 1 amide bonds. The second-order valence-electron chi connectivity index (χ2n) is 6.18. The van der Waals surface area contributed by atoms with Crippen LogP contribution in [0.25, 0.3) is 0 Å². The molecule has 3 rings (SSSR count). The molecule has 1 fully saturated rings. The Morgan fingerprint density at radius 2 is 2.14 bits per heavy atom. The van der Waals surface area contributed by atoms with Crippen molar-refractivity contribution in [2.75, 3.05) is 18.5 Å². The van der Waals surface area contributed by atoms with E-state index in [1.807, 2.05) is 0 Å². The molecule has 1 aromatic carbocycles. The smallest absolute Gasteiger partial charge is 0.324 e. The molecule has 11 heteroatoms. The molecule has 28 heavy (non-hydrogen) atoms. The summed E-state index contributed by atoms with van der Waals surface area (Å²) in [4.78, 5) is 23.7. The third-order valence-electron chi connectivity index (χ3n) is 4.14. The average molecular weight is 411 g/mol. The maximum Gasteiger partial charge on any atom is 0.324 e. The molecule has 1 aliphatic heterocycles. The van der Waals surface area contributed by atoms with Crippen LogP contribution in [0.15, 0.2) is 39.8 Å². The van der Waals surface area contributed by atoms with Gasteiger partial charge >= 0.3 is 5.97 Å². The van der Waals surface area contributed by atoms with Crippen molar-refractivity contribution in [1.29, 1.82) is 0 Å². The summed E-state index contributed by atoms with van der Waals surface area (Å²) in [7, 11) is -4.21. The van der Waals surface area contributed by atoms with Gasteiger partial charge in [0.25, 0.3) is 5.91 Å². The maximum absolute atomic E-state index is 13.9. The number of ether oxygens (including phenoxy) is 1. The minimum absolute atomic E-state index is 0.0564. The number of esters is 1. The van der Waals surface area contributed by atoms with Crippen LogP contribution in [0.2, 0.25) is 0 Å². The van der Waals surface area contributed by atoms with Crippen molar-refractivity contribution in [2.45, 2.75) is 30.7 Å². The maximum atomic E-state index is 13.9. The van der Waals surface area contributed by atoms with Gasteiger partial charge in [0.2, 0.25) is 10.0 Å². The van der Waals surface area contributed by atoms with E-state index in [4.69, 9.17) is 9.26 Å². The van der Waals surface area contributed by atoms with E-state index in [1.54, 1.807) is 6.92 Å². The van der Waals surface area contributed by atoms with Gasteiger partial charge in [-0.15, -0.1) is 0 Å². The average Bonchev–Trinajstić information content (AvgIpc) is 3.29. The Balaban J connectivity index is 1.64. The van der Waals surface area contributed by atoms with Crippen molar-refractivity contribution in [3.05, 3.63) is 41.9 Å². The zero-order valence-corrected chi connectivity index (χ0v) is 15.7. The van der Waals surface area contributed by atoms with Crippen molar-refractivity contribution in [2.24, 2.45) is 0 Å². The molecule has 2 heterocycles. The van der Waals surface area contributed by atoms with Crippen molar-refractivity contribution in [3.63, 3.8) is 0 Å². The first-order valence-corrected chi connectivity index (χ1v) is 9.89. The Hall–Kier alpha value is -2.79. The zero-order valence-electron chi connectivity index (χ0n) is 14.9. The van der Waals surface area contributed by atoms with E-state index in [9.17, 15) is 22.4 Å². The third kappa shape index (κ3) is 4.20. The standard InChI is InChI=1S/C17H18FN3O6S/c1-11-9-15(20-27-11)19-16(22)10-26-17(23)13-6-4-8-21(13)28(24,25)14-7-3-2-5-12(14)18/h2-3,5,7,9,13H,4,6,8,10H2,1H3,(H,19,20,22)/t13-/m0/s1. The quantitative estimate of drug-likeness (QED) is 0.715. The number of aromatic nitrogens is 1. The molecule has 1 atom stereocenters. The van der Waals surface area contributed by atoms with Crippen molar-refractivity contribution >= 4 is 27.7 Å². The summed E-state index contributed by atoms with van der Waals surface area (Å²) in [6.07, 6.45) is 0.633. The number of carbonyl (C=O) groups is 2. The molecule has 0 radical (unpaired) electrons. The first-order valence-electron chi connectivity index (χ1n) is 8.45. The van der Waals surface area contributed by atoms with E-state index in [0.29, 0.717) is 12.2 Å². The summed E-state index contributed by atoms with van der Waals surface area (Å²) in [6.45, 7) is 1.09. The van der Waals surface area contributed by atoms with Crippen LogP contribution in [0.4, 0.5) is 10.2 Å². The molecule has 2 aromatic rings. The van der Waals surface area contributed by atoms with Crippen LogP contribution in [0.3, 0.4) is 0 Å². The van der Waals surface area contributed by atoms with Crippen LogP contribution in [-0.4, -0.2) is 48.9 Å². The number of benzene rings is 1. The number of aryl methyl sites for hydroxylation is 1. The normalized spacial score (nSPS) is 17.4. The summed E-state index contributed by atoms with van der Waals surface area (Å²) in [5.74, 6) is -1.76. The fourth-order valence-corrected chi connectivity index (χ4v) is 4.59. The lowest BCUT2D eigenvalue weighted by Gasteiger charge is -2.22. The summed E-state index contributed by atoms with van der Waals surface area (Å²) in [5.41, 5.74) is 0. The Bertz CT molecular complexity index is 990. The number of nitrogens with zero attached hydrogens (tertiary/aromatic N) is 2. The number of anilines is 1. The van der Waals surface area contributed by atoms with Crippen LogP contribution in [0.5, 0.6) is 0 Å². The summed E-state index contributed by atoms with van der Waals surface area (Å²) in [5, 5.41) is 5.96. The van der Waals surface area contributed by atoms with Crippen LogP contribution >= 0.6 is 0 Å². The van der Waals surface area contributed by atoms with E-state index in [0.717, 1.165) is 16.4 Å². The van der Waals surface area contributed by atoms with Crippen LogP contribution in [-0.2, 0) is 24.3 Å². The molecule has 150 valence electrons. The van der Waals surface area contributed by atoms with Gasteiger partial charge in [0.1, 0.15) is 22.5 Å². The van der Waals surface area contributed by atoms with Crippen molar-refractivity contribution in [3.8, 4) is 0 Å². The van der Waals surface area contributed by atoms with Gasteiger partial charge < -0.3 is 14.6 Å². The molecule has 0 aliphatic carbocycles. The van der Waals surface area contributed by atoms with E-state index in [-0.39, 0.29) is 18.8 Å². The second kappa shape index (κ2) is 8.07. The molecule has 1 aromatic heterocycles. The predicted octanol–water partition coefficient (Wildman–Crippen LogP) is 1.46. The molecular formula is C17H18FN3O6S. The van der Waals surface area contributed by atoms with E-state index >= 15 is 0 Å². The van der Waals surface area contributed by atoms with Gasteiger partial charge in [0.05, 0.1) is 0 Å². The largest absolute Gasteiger partial charge is 0.454 e. The molecule has 1 saturated heterocycles. The van der Waals surface area contributed by atoms with Crippen LogP contribution < -0.4 is 5.32 Å². The highest BCUT2D eigenvalue weighted by Crippen LogP contribution is 2.28. The highest BCUT2D eigenvalue weighted by molar-refractivity contribution is 7.89. The fraction of sp³-hybridized carbons (Fsp3) is 0.353. The second-order valence-corrected chi connectivity index (χ2v) is 8.04. The number of carbonyl (C=O) groups excluding carboxylic acids is 2. The highest BCUT2D eigenvalue weighted by Gasteiger charge is 2.41. The van der Waals surface area contributed by atoms with Gasteiger partial charge in [-0.2, -0.15) is 4.31 Å². The number of hydrogen-bond donors (Lipinski definition) is 1. The van der Waals surface area contributed by atoms with E-state index < -0.39 is 45.3 Å². The lowest BCUT2D eigenvalue weighted by Crippen LogP contribution is -2.42. The van der Waals surface area contributed by atoms with Gasteiger partial charge in [0.15, 0.2) is 12.4 Å². The van der Waals surface area contributed by atoms with Gasteiger partial charge in [-0.1, -0.05) is 17.3 Å². The minimum atomic E-state index is -4.21. The molecular weight excluding hydrogens is 393 g/mol. The first kappa shape index (κ1) is 20.0. The molecule has 0 unspecified atom stereocenters. The number of amides is 1. The Kier molecular flexibility index (Phi) is 5.75. The molecule has 9 nitrogen and oxygen atoms in total. The Morgan fingerprint density at radius 1 is 1.39 bits per heavy atom. The molecule has 0 bridgehead atoms. The lowest BCUT2D eigenvalue weighted by molar-refractivity contribution is -0.150. The van der Waals surface area contributed by atoms with E-state index in [2.05, 4.69) is 10.5 Å². The lowest BCUT2D eigenvalue weighted by atomic mass is 10.2. The van der Waals surface area contributed by atoms with Gasteiger partial charge in [0, 0.05) is 12.6 Å². The van der Waals surface area contributed by atoms with Gasteiger partial charge in [-0.25, -0.2) is 12.8 Å². The predicted molar refractivity (Wildman–Crippen MR) is 94.1 cm³/mol. The number of nitrogens with one attached hydrogen (secondary N) is 1. The Morgan fingerprint density at radius 3 is 2.82 bits per heavy atom. The van der Waals surface area contributed by atoms with Crippen molar-refractivity contribution < 1.29 is 31.7 Å². The van der Waals surface area contributed by atoms with Crippen LogP contribution in [0.1, 0.15) is 18.6 Å². The number of rotatable bonds is 6. The van der Waals surface area contributed by atoms with Crippen LogP contribution in [0, 0.1) is 12.7 Å². The number of halogens is 1. The Labute approximate surface area is 160 Å². The molecule has 1 N–H and O–H groups in total. The minimum Gasteiger partial charge on any atom is -0.454 e. The van der Waals surface area contributed by atoms with Gasteiger partial charge in [-0.05, 0) is 31.9 Å². The number of sulfonamides is 1. The first-order chi connectivity index (χ1) is 13.3. The number of hydrogen-bond acceptors (Lipinski definition) is 7. The molecule has 1 aliphatic rings.